The number of aryl methyl sites for hydroxylation is 3. The topological polar surface area (TPSA) is 30.2 Å². The zero-order valence-corrected chi connectivity index (χ0v) is 9.03. The van der Waals surface area contributed by atoms with Crippen LogP contribution < -0.4 is 0 Å². The van der Waals surface area contributed by atoms with Crippen molar-refractivity contribution in [1.82, 2.24) is 14.6 Å². The van der Waals surface area contributed by atoms with Crippen molar-refractivity contribution in [1.29, 1.82) is 0 Å². The third-order valence-electron chi connectivity index (χ3n) is 3.15. The van der Waals surface area contributed by atoms with E-state index in [2.05, 4.69) is 10.1 Å². The standard InChI is InChI=1S/C12H15N3/c1-9-7-12-13-8-10-5-3-2-4-6-11(10)15(12)14-9/h7-8H,2-6H2,1H3. The maximum atomic E-state index is 4.52. The minimum absolute atomic E-state index is 0.994. The van der Waals surface area contributed by atoms with Gasteiger partial charge < -0.3 is 0 Å². The fraction of sp³-hybridized carbons (Fsp3) is 0.500. The molecule has 0 atom stereocenters. The van der Waals surface area contributed by atoms with Crippen molar-refractivity contribution in [3.8, 4) is 0 Å². The van der Waals surface area contributed by atoms with E-state index in [1.54, 1.807) is 0 Å². The van der Waals surface area contributed by atoms with Gasteiger partial charge >= 0.3 is 0 Å². The van der Waals surface area contributed by atoms with Gasteiger partial charge in [-0.15, -0.1) is 0 Å². The lowest BCUT2D eigenvalue weighted by molar-refractivity contribution is 0.701. The van der Waals surface area contributed by atoms with E-state index in [-0.39, 0.29) is 0 Å². The van der Waals surface area contributed by atoms with Crippen molar-refractivity contribution in [2.45, 2.75) is 39.0 Å². The van der Waals surface area contributed by atoms with E-state index in [1.807, 2.05) is 23.7 Å². The molecule has 0 radical (unpaired) electrons. The normalized spacial score (nSPS) is 16.3. The molecule has 0 spiro atoms. The number of fused-ring (bicyclic) bond motifs is 3. The third kappa shape index (κ3) is 1.42. The van der Waals surface area contributed by atoms with Gasteiger partial charge in [-0.25, -0.2) is 9.50 Å². The van der Waals surface area contributed by atoms with Crippen molar-refractivity contribution >= 4 is 5.65 Å². The highest BCUT2D eigenvalue weighted by atomic mass is 15.3. The maximum absolute atomic E-state index is 4.52. The van der Waals surface area contributed by atoms with Crippen LogP contribution in [0.4, 0.5) is 0 Å². The lowest BCUT2D eigenvalue weighted by atomic mass is 10.1. The number of rotatable bonds is 0. The monoisotopic (exact) mass is 201 g/mol. The summed E-state index contributed by atoms with van der Waals surface area (Å²) in [5.74, 6) is 0. The number of nitrogens with zero attached hydrogens (tertiary/aromatic N) is 3. The zero-order valence-electron chi connectivity index (χ0n) is 9.03. The molecule has 1 aliphatic carbocycles. The van der Waals surface area contributed by atoms with Gasteiger partial charge in [0, 0.05) is 18.0 Å². The molecule has 3 nitrogen and oxygen atoms in total. The van der Waals surface area contributed by atoms with Crippen molar-refractivity contribution in [3.63, 3.8) is 0 Å². The lowest BCUT2D eigenvalue weighted by Gasteiger charge is -2.06. The van der Waals surface area contributed by atoms with E-state index in [0.717, 1.165) is 24.2 Å². The molecule has 15 heavy (non-hydrogen) atoms. The van der Waals surface area contributed by atoms with Gasteiger partial charge in [0.25, 0.3) is 0 Å². The number of aromatic nitrogens is 3. The first kappa shape index (κ1) is 8.89. The van der Waals surface area contributed by atoms with Crippen LogP contribution in [0.1, 0.15) is 36.2 Å². The Bertz CT molecular complexity index is 499. The molecular weight excluding hydrogens is 186 g/mol. The van der Waals surface area contributed by atoms with Crippen LogP contribution in [0.2, 0.25) is 0 Å². The van der Waals surface area contributed by atoms with Crippen LogP contribution in [0.25, 0.3) is 5.65 Å². The molecule has 0 bridgehead atoms. The number of hydrogen-bond acceptors (Lipinski definition) is 2. The fourth-order valence-corrected chi connectivity index (χ4v) is 2.39. The van der Waals surface area contributed by atoms with Gasteiger partial charge in [0.1, 0.15) is 0 Å². The third-order valence-corrected chi connectivity index (χ3v) is 3.15. The second-order valence-electron chi connectivity index (χ2n) is 4.35. The molecule has 0 N–H and O–H groups in total. The van der Waals surface area contributed by atoms with Crippen LogP contribution in [-0.2, 0) is 12.8 Å². The summed E-state index contributed by atoms with van der Waals surface area (Å²) in [6, 6.07) is 2.05. The Kier molecular flexibility index (Phi) is 1.97. The molecule has 3 rings (SSSR count). The van der Waals surface area contributed by atoms with Crippen LogP contribution in [0.3, 0.4) is 0 Å². The molecule has 0 saturated heterocycles. The summed E-state index contributed by atoms with van der Waals surface area (Å²) < 4.78 is 2.04. The van der Waals surface area contributed by atoms with E-state index in [9.17, 15) is 0 Å². The molecule has 0 fully saturated rings. The van der Waals surface area contributed by atoms with Crippen molar-refractivity contribution in [2.24, 2.45) is 0 Å². The second kappa shape index (κ2) is 3.33. The van der Waals surface area contributed by atoms with Crippen LogP contribution in [0.5, 0.6) is 0 Å². The van der Waals surface area contributed by atoms with E-state index in [0.29, 0.717) is 0 Å². The van der Waals surface area contributed by atoms with Gasteiger partial charge in [-0.1, -0.05) is 6.42 Å². The van der Waals surface area contributed by atoms with Gasteiger partial charge in [-0.05, 0) is 38.2 Å². The molecular formula is C12H15N3. The zero-order chi connectivity index (χ0) is 10.3. The lowest BCUT2D eigenvalue weighted by Crippen LogP contribution is -2.04. The average molecular weight is 201 g/mol. The largest absolute Gasteiger partial charge is 0.237 e. The van der Waals surface area contributed by atoms with E-state index in [4.69, 9.17) is 0 Å². The van der Waals surface area contributed by atoms with E-state index in [1.165, 1.54) is 30.5 Å². The van der Waals surface area contributed by atoms with Crippen LogP contribution in [-0.4, -0.2) is 14.6 Å². The summed E-state index contributed by atoms with van der Waals surface area (Å²) in [5.41, 5.74) is 4.82. The predicted octanol–water partition coefficient (Wildman–Crippen LogP) is 2.31. The smallest absolute Gasteiger partial charge is 0.155 e. The Morgan fingerprint density at radius 1 is 1.20 bits per heavy atom. The SMILES string of the molecule is Cc1cc2ncc3c(n2n1)CCCCC3. The molecule has 0 aromatic carbocycles. The van der Waals surface area contributed by atoms with Gasteiger partial charge in [0.2, 0.25) is 0 Å². The summed E-state index contributed by atoms with van der Waals surface area (Å²) in [7, 11) is 0. The first-order valence-corrected chi connectivity index (χ1v) is 5.68. The summed E-state index contributed by atoms with van der Waals surface area (Å²) in [6.07, 6.45) is 8.26. The Labute approximate surface area is 89.1 Å². The molecule has 0 aliphatic heterocycles. The molecule has 2 aromatic rings. The summed E-state index contributed by atoms with van der Waals surface area (Å²) in [4.78, 5) is 4.46. The molecule has 2 aromatic heterocycles. The maximum Gasteiger partial charge on any atom is 0.155 e. The highest BCUT2D eigenvalue weighted by Crippen LogP contribution is 2.20. The Balaban J connectivity index is 2.26. The first-order valence-electron chi connectivity index (χ1n) is 5.68. The predicted molar refractivity (Wildman–Crippen MR) is 59.0 cm³/mol. The summed E-state index contributed by atoms with van der Waals surface area (Å²) in [5, 5.41) is 4.52. The molecule has 0 amide bonds. The molecule has 0 saturated carbocycles. The average Bonchev–Trinajstić information content (AvgIpc) is 2.48. The summed E-state index contributed by atoms with van der Waals surface area (Å²) in [6.45, 7) is 2.03. The quantitative estimate of drug-likeness (QED) is 0.612. The van der Waals surface area contributed by atoms with Crippen LogP contribution in [0, 0.1) is 6.92 Å². The highest BCUT2D eigenvalue weighted by Gasteiger charge is 2.13. The van der Waals surface area contributed by atoms with Crippen LogP contribution in [0.15, 0.2) is 12.3 Å². The molecule has 78 valence electrons. The molecule has 0 unspecified atom stereocenters. The minimum Gasteiger partial charge on any atom is -0.237 e. The number of hydrogen-bond donors (Lipinski definition) is 0. The van der Waals surface area contributed by atoms with Gasteiger partial charge in [0.15, 0.2) is 5.65 Å². The fourth-order valence-electron chi connectivity index (χ4n) is 2.39. The molecule has 3 heteroatoms. The van der Waals surface area contributed by atoms with Crippen molar-refractivity contribution < 1.29 is 0 Å². The summed E-state index contributed by atoms with van der Waals surface area (Å²) >= 11 is 0. The Morgan fingerprint density at radius 3 is 3.00 bits per heavy atom. The first-order chi connectivity index (χ1) is 7.34. The molecule has 2 heterocycles. The van der Waals surface area contributed by atoms with Gasteiger partial charge in [0.05, 0.1) is 5.69 Å². The van der Waals surface area contributed by atoms with Gasteiger partial charge in [-0.3, -0.25) is 0 Å². The van der Waals surface area contributed by atoms with Gasteiger partial charge in [-0.2, -0.15) is 5.10 Å². The minimum atomic E-state index is 0.994. The molecule has 1 aliphatic rings. The van der Waals surface area contributed by atoms with Crippen LogP contribution >= 0.6 is 0 Å². The van der Waals surface area contributed by atoms with Crippen molar-refractivity contribution in [2.75, 3.05) is 0 Å². The Hall–Kier alpha value is -1.38. The Morgan fingerprint density at radius 2 is 2.07 bits per heavy atom. The highest BCUT2D eigenvalue weighted by molar-refractivity contribution is 5.42. The van der Waals surface area contributed by atoms with Crippen molar-refractivity contribution in [3.05, 3.63) is 29.2 Å². The van der Waals surface area contributed by atoms with E-state index < -0.39 is 0 Å². The second-order valence-corrected chi connectivity index (χ2v) is 4.35. The van der Waals surface area contributed by atoms with E-state index >= 15 is 0 Å².